The molecule has 1 aromatic carbocycles. The number of anilines is 1. The zero-order chi connectivity index (χ0) is 21.1. The van der Waals surface area contributed by atoms with Gasteiger partial charge in [0.2, 0.25) is 10.0 Å². The third kappa shape index (κ3) is 5.60. The van der Waals surface area contributed by atoms with E-state index >= 15 is 0 Å². The highest BCUT2D eigenvalue weighted by atomic mass is 32.2. The van der Waals surface area contributed by atoms with Gasteiger partial charge < -0.3 is 10.1 Å². The Kier molecular flexibility index (Phi) is 6.91. The zero-order valence-corrected chi connectivity index (χ0v) is 17.9. The molecule has 10 heteroatoms. The molecule has 0 aliphatic carbocycles. The Bertz CT molecular complexity index is 966. The number of aromatic nitrogens is 1. The van der Waals surface area contributed by atoms with Crippen LogP contribution in [0.15, 0.2) is 29.2 Å². The number of hydrogen-bond donors (Lipinski definition) is 2. The number of rotatable bonds is 7. The van der Waals surface area contributed by atoms with Crippen LogP contribution in [0.1, 0.15) is 41.1 Å². The number of sulfonamides is 1. The molecule has 0 aliphatic heterocycles. The molecule has 1 amide bonds. The Hall–Kier alpha value is -2.30. The molecule has 1 aromatic heterocycles. The Morgan fingerprint density at radius 1 is 1.11 bits per heavy atom. The van der Waals surface area contributed by atoms with Crippen molar-refractivity contribution in [2.75, 3.05) is 5.32 Å². The summed E-state index contributed by atoms with van der Waals surface area (Å²) in [5.41, 5.74) is 0.952. The van der Waals surface area contributed by atoms with Gasteiger partial charge in [-0.15, -0.1) is 11.3 Å². The van der Waals surface area contributed by atoms with Crippen molar-refractivity contribution in [3.05, 3.63) is 39.8 Å². The molecule has 1 unspecified atom stereocenters. The van der Waals surface area contributed by atoms with Gasteiger partial charge >= 0.3 is 5.97 Å². The highest BCUT2D eigenvalue weighted by Gasteiger charge is 2.22. The summed E-state index contributed by atoms with van der Waals surface area (Å²) < 4.78 is 31.9. The minimum absolute atomic E-state index is 0.0923. The molecule has 0 saturated heterocycles. The van der Waals surface area contributed by atoms with Crippen LogP contribution in [-0.4, -0.2) is 37.4 Å². The van der Waals surface area contributed by atoms with Gasteiger partial charge in [0.1, 0.15) is 4.88 Å². The monoisotopic (exact) mass is 425 g/mol. The minimum Gasteiger partial charge on any atom is -0.448 e. The zero-order valence-electron chi connectivity index (χ0n) is 16.3. The van der Waals surface area contributed by atoms with Crippen molar-refractivity contribution in [1.29, 1.82) is 0 Å². The Morgan fingerprint density at radius 2 is 1.71 bits per heavy atom. The summed E-state index contributed by atoms with van der Waals surface area (Å²) in [4.78, 5) is 29.1. The van der Waals surface area contributed by atoms with Crippen LogP contribution >= 0.6 is 11.3 Å². The number of nitrogens with one attached hydrogen (secondary N) is 2. The van der Waals surface area contributed by atoms with Crippen LogP contribution in [0, 0.1) is 13.8 Å². The number of carbonyl (C=O) groups excluding carboxylic acids is 2. The molecule has 1 heterocycles. The first-order valence-electron chi connectivity index (χ1n) is 8.58. The molecule has 2 rings (SSSR count). The van der Waals surface area contributed by atoms with E-state index in [0.717, 1.165) is 5.01 Å². The Morgan fingerprint density at radius 3 is 2.21 bits per heavy atom. The minimum atomic E-state index is -3.61. The number of ether oxygens (including phenoxy) is 1. The summed E-state index contributed by atoms with van der Waals surface area (Å²) in [6.45, 7) is 8.40. The van der Waals surface area contributed by atoms with Crippen molar-refractivity contribution in [1.82, 2.24) is 9.71 Å². The van der Waals surface area contributed by atoms with Crippen molar-refractivity contribution in [2.24, 2.45) is 0 Å². The summed E-state index contributed by atoms with van der Waals surface area (Å²) in [6, 6.07) is 5.49. The van der Waals surface area contributed by atoms with Crippen LogP contribution in [0.25, 0.3) is 0 Å². The first-order valence-corrected chi connectivity index (χ1v) is 10.9. The molecule has 8 nitrogen and oxygen atoms in total. The van der Waals surface area contributed by atoms with Crippen molar-refractivity contribution in [3.63, 3.8) is 0 Å². The quantitative estimate of drug-likeness (QED) is 0.659. The molecule has 0 bridgehead atoms. The number of aryl methyl sites for hydroxylation is 2. The van der Waals surface area contributed by atoms with Crippen LogP contribution in [0.2, 0.25) is 0 Å². The van der Waals surface area contributed by atoms with E-state index in [1.54, 1.807) is 27.7 Å². The molecule has 0 aliphatic rings. The predicted octanol–water partition coefficient (Wildman–Crippen LogP) is 2.63. The smallest absolute Gasteiger partial charge is 0.351 e. The second-order valence-corrected chi connectivity index (χ2v) is 9.40. The molecule has 0 fully saturated rings. The van der Waals surface area contributed by atoms with Gasteiger partial charge in [-0.1, -0.05) is 0 Å². The summed E-state index contributed by atoms with van der Waals surface area (Å²) in [6.07, 6.45) is -1.03. The van der Waals surface area contributed by atoms with Crippen LogP contribution < -0.4 is 10.0 Å². The maximum absolute atomic E-state index is 12.3. The molecule has 28 heavy (non-hydrogen) atoms. The van der Waals surface area contributed by atoms with Gasteiger partial charge in [0.05, 0.1) is 15.6 Å². The third-order valence-electron chi connectivity index (χ3n) is 3.56. The molecule has 0 saturated carbocycles. The Balaban J connectivity index is 2.00. The van der Waals surface area contributed by atoms with E-state index in [4.69, 9.17) is 4.74 Å². The van der Waals surface area contributed by atoms with Crippen LogP contribution in [0.5, 0.6) is 0 Å². The van der Waals surface area contributed by atoms with E-state index in [2.05, 4.69) is 15.0 Å². The van der Waals surface area contributed by atoms with Gasteiger partial charge in [0, 0.05) is 11.7 Å². The van der Waals surface area contributed by atoms with Gasteiger partial charge in [-0.3, -0.25) is 4.79 Å². The van der Waals surface area contributed by atoms with E-state index < -0.39 is 28.0 Å². The molecule has 0 spiro atoms. The van der Waals surface area contributed by atoms with E-state index in [1.165, 1.54) is 42.5 Å². The number of nitrogens with zero attached hydrogens (tertiary/aromatic N) is 1. The van der Waals surface area contributed by atoms with E-state index in [-0.39, 0.29) is 10.9 Å². The maximum atomic E-state index is 12.3. The number of esters is 1. The molecule has 2 aromatic rings. The second kappa shape index (κ2) is 8.80. The van der Waals surface area contributed by atoms with E-state index in [1.807, 2.05) is 0 Å². The number of amides is 1. The lowest BCUT2D eigenvalue weighted by Crippen LogP contribution is -2.30. The average molecular weight is 426 g/mol. The fraction of sp³-hybridized carbons (Fsp3) is 0.389. The number of benzene rings is 1. The third-order valence-corrected chi connectivity index (χ3v) is 6.29. The van der Waals surface area contributed by atoms with Crippen LogP contribution in [0.4, 0.5) is 5.69 Å². The van der Waals surface area contributed by atoms with Gasteiger partial charge in [-0.25, -0.2) is 22.9 Å². The average Bonchev–Trinajstić information content (AvgIpc) is 2.92. The van der Waals surface area contributed by atoms with Gasteiger partial charge in [0.25, 0.3) is 5.91 Å². The number of carbonyl (C=O) groups is 2. The molecule has 152 valence electrons. The largest absolute Gasteiger partial charge is 0.448 e. The molecule has 2 N–H and O–H groups in total. The van der Waals surface area contributed by atoms with Crippen molar-refractivity contribution >= 4 is 38.9 Å². The molecular formula is C18H23N3O5S2. The fourth-order valence-electron chi connectivity index (χ4n) is 2.33. The van der Waals surface area contributed by atoms with E-state index in [0.29, 0.717) is 16.3 Å². The van der Waals surface area contributed by atoms with E-state index in [9.17, 15) is 18.0 Å². The summed E-state index contributed by atoms with van der Waals surface area (Å²) in [5.74, 6) is -1.13. The van der Waals surface area contributed by atoms with Crippen molar-refractivity contribution in [3.8, 4) is 0 Å². The van der Waals surface area contributed by atoms with Crippen molar-refractivity contribution in [2.45, 2.75) is 51.7 Å². The topological polar surface area (TPSA) is 114 Å². The first kappa shape index (κ1) is 22.0. The lowest BCUT2D eigenvalue weighted by atomic mass is 10.3. The van der Waals surface area contributed by atoms with Gasteiger partial charge in [-0.2, -0.15) is 0 Å². The molecule has 0 radical (unpaired) electrons. The second-order valence-electron chi connectivity index (χ2n) is 6.48. The SMILES string of the molecule is Cc1nc(C)c(C(=O)OC(C)C(=O)Nc2ccc(S(=O)(=O)NC(C)C)cc2)s1. The highest BCUT2D eigenvalue weighted by molar-refractivity contribution is 7.89. The first-order chi connectivity index (χ1) is 13.0. The van der Waals surface area contributed by atoms with Crippen LogP contribution in [0.3, 0.4) is 0 Å². The van der Waals surface area contributed by atoms with Gasteiger partial charge in [-0.05, 0) is 58.9 Å². The number of hydrogen-bond acceptors (Lipinski definition) is 7. The summed E-state index contributed by atoms with van der Waals surface area (Å²) in [7, 11) is -3.61. The van der Waals surface area contributed by atoms with Crippen molar-refractivity contribution < 1.29 is 22.7 Å². The Labute approximate surface area is 168 Å². The molecular weight excluding hydrogens is 402 g/mol. The van der Waals surface area contributed by atoms with Crippen LogP contribution in [-0.2, 0) is 19.6 Å². The number of thiazole rings is 1. The predicted molar refractivity (Wildman–Crippen MR) is 107 cm³/mol. The highest BCUT2D eigenvalue weighted by Crippen LogP contribution is 2.19. The molecule has 1 atom stereocenters. The lowest BCUT2D eigenvalue weighted by molar-refractivity contribution is -0.123. The normalized spacial score (nSPS) is 12.6. The van der Waals surface area contributed by atoms with Gasteiger partial charge in [0.15, 0.2) is 6.10 Å². The lowest BCUT2D eigenvalue weighted by Gasteiger charge is -2.14. The summed E-state index contributed by atoms with van der Waals surface area (Å²) in [5, 5.41) is 3.33. The maximum Gasteiger partial charge on any atom is 0.351 e. The standard InChI is InChI=1S/C18H23N3O5S2/c1-10(2)21-28(24,25)15-8-6-14(7-9-15)20-17(22)12(4)26-18(23)16-11(3)19-13(5)27-16/h6-10,12,21H,1-5H3,(H,20,22). The fourth-order valence-corrected chi connectivity index (χ4v) is 4.38. The summed E-state index contributed by atoms with van der Waals surface area (Å²) >= 11 is 1.21.